The van der Waals surface area contributed by atoms with Crippen LogP contribution in [0.5, 0.6) is 0 Å². The number of carbonyl (C=O) groups excluding carboxylic acids is 1. The second kappa shape index (κ2) is 6.01. The van der Waals surface area contributed by atoms with Crippen molar-refractivity contribution in [3.05, 3.63) is 23.0 Å². The molecule has 0 fully saturated rings. The molecule has 0 aromatic carbocycles. The zero-order valence-corrected chi connectivity index (χ0v) is 11.6. The number of likely N-dealkylation sites (N-methyl/N-ethyl adjacent to an activating group) is 1. The first kappa shape index (κ1) is 14.0. The van der Waals surface area contributed by atoms with Gasteiger partial charge in [0.15, 0.2) is 5.78 Å². The Balaban J connectivity index is 2.74. The zero-order valence-electron chi connectivity index (χ0n) is 11.6. The Labute approximate surface area is 104 Å². The molecule has 0 saturated heterocycles. The molecule has 1 aromatic heterocycles. The summed E-state index contributed by atoms with van der Waals surface area (Å²) in [4.78, 5) is 17.6. The van der Waals surface area contributed by atoms with Gasteiger partial charge in [0, 0.05) is 23.0 Å². The lowest BCUT2D eigenvalue weighted by Gasteiger charge is -2.25. The third-order valence-electron chi connectivity index (χ3n) is 3.42. The summed E-state index contributed by atoms with van der Waals surface area (Å²) < 4.78 is 0. The van der Waals surface area contributed by atoms with E-state index >= 15 is 0 Å². The number of aryl methyl sites for hydroxylation is 2. The smallest absolute Gasteiger partial charge is 0.178 e. The minimum atomic E-state index is 0.217. The summed E-state index contributed by atoms with van der Waals surface area (Å²) in [6, 6.07) is 2.41. The molecule has 0 bridgehead atoms. The fourth-order valence-electron chi connectivity index (χ4n) is 2.12. The van der Waals surface area contributed by atoms with E-state index in [1.54, 1.807) is 0 Å². The molecule has 1 unspecified atom stereocenters. The van der Waals surface area contributed by atoms with E-state index in [9.17, 15) is 4.79 Å². The van der Waals surface area contributed by atoms with Crippen LogP contribution < -0.4 is 0 Å². The van der Waals surface area contributed by atoms with Gasteiger partial charge in [-0.25, -0.2) is 0 Å². The van der Waals surface area contributed by atoms with Crippen LogP contribution in [0, 0.1) is 13.8 Å². The maximum atomic E-state index is 12.2. The van der Waals surface area contributed by atoms with Crippen molar-refractivity contribution in [1.82, 2.24) is 9.88 Å². The van der Waals surface area contributed by atoms with Crippen molar-refractivity contribution in [3.63, 3.8) is 0 Å². The van der Waals surface area contributed by atoms with E-state index < -0.39 is 0 Å². The van der Waals surface area contributed by atoms with Crippen molar-refractivity contribution < 1.29 is 4.79 Å². The summed E-state index contributed by atoms with van der Waals surface area (Å²) in [7, 11) is 0. The topological polar surface area (TPSA) is 36.1 Å². The van der Waals surface area contributed by atoms with Gasteiger partial charge in [-0.1, -0.05) is 13.8 Å². The van der Waals surface area contributed by atoms with Gasteiger partial charge in [0.25, 0.3) is 0 Å². The Morgan fingerprint density at radius 2 is 2.06 bits per heavy atom. The standard InChI is InChI=1S/C14H24N2O/c1-6-11(4)16(7-2)9-14(17)13-8-10(3)15-12(13)5/h8,11,15H,6-7,9H2,1-5H3. The van der Waals surface area contributed by atoms with Crippen molar-refractivity contribution in [3.8, 4) is 0 Å². The molecule has 0 spiro atoms. The maximum absolute atomic E-state index is 12.2. The molecule has 0 saturated carbocycles. The molecule has 1 aromatic rings. The van der Waals surface area contributed by atoms with Gasteiger partial charge in [0.1, 0.15) is 0 Å². The van der Waals surface area contributed by atoms with Gasteiger partial charge >= 0.3 is 0 Å². The molecule has 0 amide bonds. The number of aromatic amines is 1. The van der Waals surface area contributed by atoms with E-state index in [2.05, 4.69) is 30.7 Å². The lowest BCUT2D eigenvalue weighted by atomic mass is 10.1. The number of rotatable bonds is 6. The molecule has 0 aliphatic rings. The van der Waals surface area contributed by atoms with Crippen molar-refractivity contribution in [1.29, 1.82) is 0 Å². The van der Waals surface area contributed by atoms with Crippen LogP contribution in [0.25, 0.3) is 0 Å². The number of hydrogen-bond donors (Lipinski definition) is 1. The first-order valence-corrected chi connectivity index (χ1v) is 6.43. The summed E-state index contributed by atoms with van der Waals surface area (Å²) in [6.45, 7) is 11.8. The average molecular weight is 236 g/mol. The van der Waals surface area contributed by atoms with Gasteiger partial charge in [-0.2, -0.15) is 0 Å². The molecule has 1 N–H and O–H groups in total. The minimum absolute atomic E-state index is 0.217. The summed E-state index contributed by atoms with van der Waals surface area (Å²) >= 11 is 0. The van der Waals surface area contributed by atoms with Crippen LogP contribution in [0.3, 0.4) is 0 Å². The highest BCUT2D eigenvalue weighted by Gasteiger charge is 2.17. The van der Waals surface area contributed by atoms with Crippen molar-refractivity contribution in [2.75, 3.05) is 13.1 Å². The molecule has 1 heterocycles. The summed E-state index contributed by atoms with van der Waals surface area (Å²) in [5.41, 5.74) is 2.87. The Morgan fingerprint density at radius 1 is 1.41 bits per heavy atom. The second-order valence-electron chi connectivity index (χ2n) is 4.73. The number of Topliss-reactive ketones (excluding diaryl/α,β-unsaturated/α-hetero) is 1. The third-order valence-corrected chi connectivity index (χ3v) is 3.42. The number of H-pyrrole nitrogens is 1. The van der Waals surface area contributed by atoms with E-state index in [4.69, 9.17) is 0 Å². The normalized spacial score (nSPS) is 13.1. The Kier molecular flexibility index (Phi) is 4.94. The number of carbonyl (C=O) groups is 1. The van der Waals surface area contributed by atoms with Gasteiger partial charge in [-0.3, -0.25) is 9.69 Å². The highest BCUT2D eigenvalue weighted by molar-refractivity contribution is 5.98. The molecule has 3 nitrogen and oxygen atoms in total. The van der Waals surface area contributed by atoms with Gasteiger partial charge in [-0.05, 0) is 39.8 Å². The van der Waals surface area contributed by atoms with Gasteiger partial charge in [0.2, 0.25) is 0 Å². The number of nitrogens with zero attached hydrogens (tertiary/aromatic N) is 1. The first-order chi connectivity index (χ1) is 7.99. The van der Waals surface area contributed by atoms with Crippen LogP contribution in [0.4, 0.5) is 0 Å². The highest BCUT2D eigenvalue weighted by Crippen LogP contribution is 2.12. The van der Waals surface area contributed by atoms with Gasteiger partial charge in [-0.15, -0.1) is 0 Å². The van der Waals surface area contributed by atoms with E-state index in [0.29, 0.717) is 12.6 Å². The van der Waals surface area contributed by atoms with Crippen molar-refractivity contribution in [2.45, 2.75) is 47.1 Å². The SMILES string of the molecule is CCC(C)N(CC)CC(=O)c1cc(C)[nH]c1C. The molecule has 1 rings (SSSR count). The molecule has 0 aliphatic carbocycles. The highest BCUT2D eigenvalue weighted by atomic mass is 16.1. The van der Waals surface area contributed by atoms with Gasteiger partial charge in [0.05, 0.1) is 6.54 Å². The van der Waals surface area contributed by atoms with E-state index in [1.807, 2.05) is 19.9 Å². The molecule has 1 atom stereocenters. The average Bonchev–Trinajstić information content (AvgIpc) is 2.64. The molecule has 96 valence electrons. The van der Waals surface area contributed by atoms with Crippen LogP contribution in [-0.2, 0) is 0 Å². The number of aromatic nitrogens is 1. The van der Waals surface area contributed by atoms with E-state index in [1.165, 1.54) is 0 Å². The summed E-state index contributed by atoms with van der Waals surface area (Å²) in [5.74, 6) is 0.217. The molecular weight excluding hydrogens is 212 g/mol. The lowest BCUT2D eigenvalue weighted by molar-refractivity contribution is 0.0902. The van der Waals surface area contributed by atoms with Crippen LogP contribution in [-0.4, -0.2) is 34.8 Å². The number of nitrogens with one attached hydrogen (secondary N) is 1. The Morgan fingerprint density at radius 3 is 2.47 bits per heavy atom. The molecule has 0 aliphatic heterocycles. The van der Waals surface area contributed by atoms with E-state index in [-0.39, 0.29) is 5.78 Å². The Hall–Kier alpha value is -1.09. The molecule has 0 radical (unpaired) electrons. The monoisotopic (exact) mass is 236 g/mol. The Bertz CT molecular complexity index is 382. The summed E-state index contributed by atoms with van der Waals surface area (Å²) in [5, 5.41) is 0. The third kappa shape index (κ3) is 3.43. The van der Waals surface area contributed by atoms with Crippen LogP contribution >= 0.6 is 0 Å². The van der Waals surface area contributed by atoms with Crippen LogP contribution in [0.15, 0.2) is 6.07 Å². The lowest BCUT2D eigenvalue weighted by Crippen LogP contribution is -2.36. The van der Waals surface area contributed by atoms with Gasteiger partial charge < -0.3 is 4.98 Å². The predicted molar refractivity (Wildman–Crippen MR) is 71.6 cm³/mol. The largest absolute Gasteiger partial charge is 0.362 e. The molecule has 17 heavy (non-hydrogen) atoms. The number of ketones is 1. The predicted octanol–water partition coefficient (Wildman–Crippen LogP) is 2.93. The number of hydrogen-bond acceptors (Lipinski definition) is 2. The minimum Gasteiger partial charge on any atom is -0.362 e. The van der Waals surface area contributed by atoms with Crippen molar-refractivity contribution in [2.24, 2.45) is 0 Å². The molecule has 3 heteroatoms. The van der Waals surface area contributed by atoms with E-state index in [0.717, 1.165) is 29.9 Å². The quantitative estimate of drug-likeness (QED) is 0.771. The fourth-order valence-corrected chi connectivity index (χ4v) is 2.12. The fraction of sp³-hybridized carbons (Fsp3) is 0.643. The van der Waals surface area contributed by atoms with Crippen LogP contribution in [0.2, 0.25) is 0 Å². The second-order valence-corrected chi connectivity index (χ2v) is 4.73. The zero-order chi connectivity index (χ0) is 13.0. The van der Waals surface area contributed by atoms with Crippen molar-refractivity contribution >= 4 is 5.78 Å². The summed E-state index contributed by atoms with van der Waals surface area (Å²) in [6.07, 6.45) is 1.08. The van der Waals surface area contributed by atoms with Crippen LogP contribution in [0.1, 0.15) is 48.9 Å². The first-order valence-electron chi connectivity index (χ1n) is 6.43. The maximum Gasteiger partial charge on any atom is 0.178 e. The molecular formula is C14H24N2O.